The number of nitrogens with zero attached hydrogens (tertiary/aromatic N) is 5. The van der Waals surface area contributed by atoms with Gasteiger partial charge in [-0.15, -0.1) is 11.3 Å². The first-order valence-corrected chi connectivity index (χ1v) is 11.1. The van der Waals surface area contributed by atoms with Crippen LogP contribution in [0, 0.1) is 0 Å². The summed E-state index contributed by atoms with van der Waals surface area (Å²) in [5, 5.41) is 0.715. The smallest absolute Gasteiger partial charge is 0.163 e. The van der Waals surface area contributed by atoms with Gasteiger partial charge in [-0.25, -0.2) is 15.0 Å². The Labute approximate surface area is 169 Å². The van der Waals surface area contributed by atoms with Gasteiger partial charge in [0.2, 0.25) is 0 Å². The Morgan fingerprint density at radius 1 is 1.29 bits per heavy atom. The van der Waals surface area contributed by atoms with Crippen LogP contribution in [0.3, 0.4) is 0 Å². The van der Waals surface area contributed by atoms with Crippen LogP contribution in [0.2, 0.25) is 0 Å². The van der Waals surface area contributed by atoms with Gasteiger partial charge in [0, 0.05) is 43.2 Å². The van der Waals surface area contributed by atoms with E-state index in [2.05, 4.69) is 16.9 Å². The molecule has 0 amide bonds. The maximum atomic E-state index is 12.8. The molecule has 4 aromatic rings. The largest absolute Gasteiger partial charge is 0.396 e. The fourth-order valence-electron chi connectivity index (χ4n) is 2.92. The Morgan fingerprint density at radius 3 is 2.82 bits per heavy atom. The molecule has 0 aliphatic carbocycles. The van der Waals surface area contributed by atoms with Crippen molar-refractivity contribution in [2.75, 3.05) is 11.5 Å². The van der Waals surface area contributed by atoms with Crippen LogP contribution in [0.15, 0.2) is 41.1 Å². The van der Waals surface area contributed by atoms with E-state index in [1.165, 1.54) is 11.3 Å². The predicted molar refractivity (Wildman–Crippen MR) is 113 cm³/mol. The van der Waals surface area contributed by atoms with Crippen molar-refractivity contribution < 1.29 is 4.21 Å². The second kappa shape index (κ2) is 7.76. The molecule has 4 aromatic heterocycles. The van der Waals surface area contributed by atoms with Crippen LogP contribution in [-0.2, 0) is 17.8 Å². The van der Waals surface area contributed by atoms with Crippen LogP contribution in [0.25, 0.3) is 33.1 Å². The van der Waals surface area contributed by atoms with Crippen LogP contribution in [-0.4, -0.2) is 34.5 Å². The number of thiophene rings is 1. The lowest BCUT2D eigenvalue weighted by atomic mass is 10.2. The minimum absolute atomic E-state index is 0.491. The fourth-order valence-corrected chi connectivity index (χ4v) is 5.69. The van der Waals surface area contributed by atoms with Crippen LogP contribution in [0.4, 0.5) is 5.69 Å². The molecular formula is C19H20N6OS2. The molecule has 4 heterocycles. The first-order valence-electron chi connectivity index (χ1n) is 8.96. The molecule has 1 atom stereocenters. The summed E-state index contributed by atoms with van der Waals surface area (Å²) in [5.41, 5.74) is 8.38. The Kier molecular flexibility index (Phi) is 5.19. The monoisotopic (exact) mass is 412 g/mol. The van der Waals surface area contributed by atoms with Crippen LogP contribution < -0.4 is 5.73 Å². The standard InChI is InChI=1S/C19H20N6OS2/c1-3-4-10-28(26)19-14(20)13-15(17-22-8-9-25(17)2)23-16(24-18(13)27-19)12-6-5-7-21-11-12/h5-9,11H,3-4,10,20H2,1-2H3. The number of hydrogen-bond acceptors (Lipinski definition) is 7. The number of imidazole rings is 1. The zero-order valence-corrected chi connectivity index (χ0v) is 17.3. The minimum Gasteiger partial charge on any atom is -0.396 e. The summed E-state index contributed by atoms with van der Waals surface area (Å²) in [4.78, 5) is 18.8. The van der Waals surface area contributed by atoms with Crippen LogP contribution in [0.5, 0.6) is 0 Å². The Hall–Kier alpha value is -2.65. The highest BCUT2D eigenvalue weighted by atomic mass is 32.2. The van der Waals surface area contributed by atoms with E-state index < -0.39 is 10.8 Å². The van der Waals surface area contributed by atoms with Crippen LogP contribution in [0.1, 0.15) is 19.8 Å². The van der Waals surface area contributed by atoms with E-state index in [-0.39, 0.29) is 0 Å². The van der Waals surface area contributed by atoms with Crippen molar-refractivity contribution in [1.82, 2.24) is 24.5 Å². The molecule has 0 spiro atoms. The number of nitrogens with two attached hydrogens (primary N) is 1. The number of fused-ring (bicyclic) bond motifs is 1. The molecule has 0 radical (unpaired) electrons. The summed E-state index contributed by atoms with van der Waals surface area (Å²) in [5.74, 6) is 1.83. The molecule has 0 aromatic carbocycles. The lowest BCUT2D eigenvalue weighted by Crippen LogP contribution is -2.01. The summed E-state index contributed by atoms with van der Waals surface area (Å²) in [7, 11) is 0.753. The molecule has 0 fully saturated rings. The molecule has 0 saturated carbocycles. The SMILES string of the molecule is CCCCS(=O)c1sc2nc(-c3cccnc3)nc(-c3nccn3C)c2c1N. The molecule has 1 unspecified atom stereocenters. The molecule has 0 aliphatic heterocycles. The number of anilines is 1. The molecule has 9 heteroatoms. The van der Waals surface area contributed by atoms with E-state index in [1.807, 2.05) is 29.9 Å². The zero-order valence-electron chi connectivity index (χ0n) is 15.6. The molecule has 0 bridgehead atoms. The first-order chi connectivity index (χ1) is 13.6. The van der Waals surface area contributed by atoms with Gasteiger partial charge in [0.25, 0.3) is 0 Å². The lowest BCUT2D eigenvalue weighted by molar-refractivity contribution is 0.681. The normalized spacial score (nSPS) is 12.5. The topological polar surface area (TPSA) is 99.6 Å². The average Bonchev–Trinajstić information content (AvgIpc) is 3.29. The molecule has 2 N–H and O–H groups in total. The van der Waals surface area contributed by atoms with Gasteiger partial charge >= 0.3 is 0 Å². The van der Waals surface area contributed by atoms with E-state index in [0.29, 0.717) is 43.2 Å². The quantitative estimate of drug-likeness (QED) is 0.519. The molecule has 144 valence electrons. The van der Waals surface area contributed by atoms with Crippen molar-refractivity contribution in [2.45, 2.75) is 24.0 Å². The number of pyridine rings is 1. The maximum absolute atomic E-state index is 12.8. The van der Waals surface area contributed by atoms with Crippen molar-refractivity contribution in [3.8, 4) is 22.9 Å². The van der Waals surface area contributed by atoms with Gasteiger partial charge in [-0.2, -0.15) is 0 Å². The van der Waals surface area contributed by atoms with Crippen LogP contribution >= 0.6 is 11.3 Å². The summed E-state index contributed by atoms with van der Waals surface area (Å²) in [6, 6.07) is 3.75. The molecule has 28 heavy (non-hydrogen) atoms. The van der Waals surface area contributed by atoms with E-state index in [1.54, 1.807) is 18.6 Å². The number of rotatable bonds is 6. The number of hydrogen-bond donors (Lipinski definition) is 1. The van der Waals surface area contributed by atoms with Gasteiger partial charge in [0.15, 0.2) is 11.6 Å². The third-order valence-electron chi connectivity index (χ3n) is 4.40. The second-order valence-corrected chi connectivity index (χ2v) is 9.15. The summed E-state index contributed by atoms with van der Waals surface area (Å²) < 4.78 is 15.3. The summed E-state index contributed by atoms with van der Waals surface area (Å²) in [6.45, 7) is 2.08. The maximum Gasteiger partial charge on any atom is 0.163 e. The molecule has 0 aliphatic rings. The van der Waals surface area contributed by atoms with E-state index in [4.69, 9.17) is 15.7 Å². The summed E-state index contributed by atoms with van der Waals surface area (Å²) >= 11 is 1.37. The first kappa shape index (κ1) is 18.7. The van der Waals surface area contributed by atoms with E-state index in [0.717, 1.165) is 18.4 Å². The molecule has 7 nitrogen and oxygen atoms in total. The van der Waals surface area contributed by atoms with E-state index >= 15 is 0 Å². The van der Waals surface area contributed by atoms with Crippen molar-refractivity contribution >= 4 is 38.0 Å². The van der Waals surface area contributed by atoms with Gasteiger partial charge in [-0.3, -0.25) is 9.19 Å². The third kappa shape index (κ3) is 3.31. The highest BCUT2D eigenvalue weighted by Gasteiger charge is 2.23. The summed E-state index contributed by atoms with van der Waals surface area (Å²) in [6.07, 6.45) is 8.88. The van der Waals surface area contributed by atoms with Crippen molar-refractivity contribution in [2.24, 2.45) is 7.05 Å². The molecular weight excluding hydrogens is 392 g/mol. The highest BCUT2D eigenvalue weighted by molar-refractivity contribution is 7.87. The molecule has 4 rings (SSSR count). The fraction of sp³-hybridized carbons (Fsp3) is 0.263. The van der Waals surface area contributed by atoms with Gasteiger partial charge in [0.05, 0.1) is 21.9 Å². The zero-order chi connectivity index (χ0) is 19.7. The van der Waals surface area contributed by atoms with Crippen molar-refractivity contribution in [1.29, 1.82) is 0 Å². The second-order valence-electron chi connectivity index (χ2n) is 6.39. The Bertz CT molecular complexity index is 1150. The minimum atomic E-state index is -1.15. The average molecular weight is 413 g/mol. The van der Waals surface area contributed by atoms with Crippen molar-refractivity contribution in [3.05, 3.63) is 36.9 Å². The third-order valence-corrected chi connectivity index (χ3v) is 7.39. The number of aryl methyl sites for hydroxylation is 1. The number of unbranched alkanes of at least 4 members (excludes halogenated alkanes) is 1. The van der Waals surface area contributed by atoms with Gasteiger partial charge in [-0.1, -0.05) is 13.3 Å². The molecule has 0 saturated heterocycles. The van der Waals surface area contributed by atoms with Gasteiger partial charge in [-0.05, 0) is 18.6 Å². The highest BCUT2D eigenvalue weighted by Crippen LogP contribution is 2.40. The lowest BCUT2D eigenvalue weighted by Gasteiger charge is -2.07. The predicted octanol–water partition coefficient (Wildman–Crippen LogP) is 3.64. The van der Waals surface area contributed by atoms with Crippen molar-refractivity contribution in [3.63, 3.8) is 0 Å². The van der Waals surface area contributed by atoms with Gasteiger partial charge < -0.3 is 10.3 Å². The van der Waals surface area contributed by atoms with Gasteiger partial charge in [0.1, 0.15) is 14.7 Å². The number of aromatic nitrogens is 5. The number of nitrogen functional groups attached to an aromatic ring is 1. The Morgan fingerprint density at radius 2 is 2.14 bits per heavy atom. The Balaban J connectivity index is 1.96. The van der Waals surface area contributed by atoms with E-state index in [9.17, 15) is 4.21 Å².